The van der Waals surface area contributed by atoms with Crippen LogP contribution in [0.25, 0.3) is 0 Å². The molecular weight excluding hydrogens is 399 g/mol. The van der Waals surface area contributed by atoms with Crippen molar-refractivity contribution in [2.75, 3.05) is 12.3 Å². The van der Waals surface area contributed by atoms with Gasteiger partial charge in [-0.3, -0.25) is 4.79 Å². The van der Waals surface area contributed by atoms with Crippen LogP contribution >= 0.6 is 34.8 Å². The van der Waals surface area contributed by atoms with Crippen LogP contribution in [-0.2, 0) is 0 Å². The van der Waals surface area contributed by atoms with E-state index in [0.29, 0.717) is 6.61 Å². The maximum absolute atomic E-state index is 12.2. The predicted molar refractivity (Wildman–Crippen MR) is 106 cm³/mol. The Balaban J connectivity index is 2.05. The Labute approximate surface area is 166 Å². The van der Waals surface area contributed by atoms with Crippen LogP contribution in [0.5, 0.6) is 5.75 Å². The number of amides is 1. The number of nitrogens with zero attached hydrogens (tertiary/aromatic N) is 2. The number of carbonyl (C=O) groups excluding carboxylic acids is 1. The van der Waals surface area contributed by atoms with Crippen LogP contribution in [0, 0.1) is 0 Å². The first-order chi connectivity index (χ1) is 12.4. The van der Waals surface area contributed by atoms with Crippen molar-refractivity contribution in [3.63, 3.8) is 0 Å². The van der Waals surface area contributed by atoms with Gasteiger partial charge in [0, 0.05) is 0 Å². The Morgan fingerprint density at radius 2 is 2.12 bits per heavy atom. The van der Waals surface area contributed by atoms with E-state index >= 15 is 0 Å². The number of unbranched alkanes of at least 4 members (excludes halogenated alkanes) is 1. The molecule has 0 spiro atoms. The number of carbonyl (C=O) groups is 1. The summed E-state index contributed by atoms with van der Waals surface area (Å²) in [5.41, 5.74) is 8.59. The van der Waals surface area contributed by atoms with Crippen molar-refractivity contribution < 1.29 is 9.53 Å². The molecule has 6 nitrogen and oxygen atoms in total. The van der Waals surface area contributed by atoms with Crippen molar-refractivity contribution in [1.82, 2.24) is 10.4 Å². The molecule has 1 amide bonds. The second-order valence-corrected chi connectivity index (χ2v) is 6.38. The average Bonchev–Trinajstić information content (AvgIpc) is 2.63. The highest BCUT2D eigenvalue weighted by molar-refractivity contribution is 6.46. The summed E-state index contributed by atoms with van der Waals surface area (Å²) in [5.74, 6) is 0.0718. The molecule has 0 fully saturated rings. The summed E-state index contributed by atoms with van der Waals surface area (Å²) < 4.78 is 5.62. The van der Waals surface area contributed by atoms with E-state index in [-0.39, 0.29) is 26.6 Å². The minimum Gasteiger partial charge on any atom is -0.494 e. The van der Waals surface area contributed by atoms with E-state index in [1.165, 1.54) is 6.21 Å². The largest absolute Gasteiger partial charge is 0.494 e. The third kappa shape index (κ3) is 5.24. The summed E-state index contributed by atoms with van der Waals surface area (Å²) in [4.78, 5) is 16.0. The number of hydrazone groups is 1. The molecule has 0 atom stereocenters. The van der Waals surface area contributed by atoms with E-state index in [1.807, 2.05) is 24.3 Å². The highest BCUT2D eigenvalue weighted by atomic mass is 35.5. The number of hydrogen-bond acceptors (Lipinski definition) is 5. The van der Waals surface area contributed by atoms with E-state index in [1.54, 1.807) is 0 Å². The Morgan fingerprint density at radius 1 is 1.35 bits per heavy atom. The Bertz CT molecular complexity index is 828. The van der Waals surface area contributed by atoms with Gasteiger partial charge in [0.15, 0.2) is 10.8 Å². The van der Waals surface area contributed by atoms with Crippen molar-refractivity contribution in [1.29, 1.82) is 0 Å². The monoisotopic (exact) mass is 414 g/mol. The summed E-state index contributed by atoms with van der Waals surface area (Å²) >= 11 is 17.6. The molecule has 9 heteroatoms. The maximum Gasteiger partial charge on any atom is 0.291 e. The Kier molecular flexibility index (Phi) is 7.50. The number of nitrogens with one attached hydrogen (secondary N) is 1. The third-order valence-electron chi connectivity index (χ3n) is 3.29. The molecule has 0 saturated carbocycles. The number of benzene rings is 1. The van der Waals surface area contributed by atoms with Crippen molar-refractivity contribution in [3.8, 4) is 5.75 Å². The van der Waals surface area contributed by atoms with Crippen LogP contribution in [0.15, 0.2) is 29.4 Å². The molecule has 2 rings (SSSR count). The molecule has 138 valence electrons. The summed E-state index contributed by atoms with van der Waals surface area (Å²) in [6.45, 7) is 2.74. The van der Waals surface area contributed by atoms with Gasteiger partial charge in [0.2, 0.25) is 0 Å². The number of halogens is 3. The number of nitrogen functional groups attached to an aromatic ring is 1. The zero-order valence-corrected chi connectivity index (χ0v) is 16.2. The molecule has 1 heterocycles. The number of aromatic nitrogens is 1. The molecule has 0 saturated heterocycles. The Hall–Kier alpha value is -2.02. The molecular formula is C17H17Cl3N4O2. The van der Waals surface area contributed by atoms with Gasteiger partial charge in [0.05, 0.1) is 23.5 Å². The standard InChI is InChI=1S/C17H17Cl3N4O2/c1-2-3-7-26-11-6-4-5-10(8-11)9-22-24-17(25)15-12(18)14(21)13(19)16(20)23-15/h4-6,8-9H,2-3,7H2,1H3,(H2,21,23)(H,24,25)/b22-9+. The quantitative estimate of drug-likeness (QED) is 0.300. The van der Waals surface area contributed by atoms with Gasteiger partial charge in [-0.1, -0.05) is 60.3 Å². The SMILES string of the molecule is CCCCOc1cccc(/C=N/NC(=O)c2nc(Cl)c(Cl)c(N)c2Cl)c1. The maximum atomic E-state index is 12.2. The Morgan fingerprint density at radius 3 is 2.85 bits per heavy atom. The average molecular weight is 416 g/mol. The summed E-state index contributed by atoms with van der Waals surface area (Å²) in [6.07, 6.45) is 3.51. The number of rotatable bonds is 7. The lowest BCUT2D eigenvalue weighted by atomic mass is 10.2. The molecule has 3 N–H and O–H groups in total. The predicted octanol–water partition coefficient (Wildman–Crippen LogP) is 4.57. The molecule has 26 heavy (non-hydrogen) atoms. The van der Waals surface area contributed by atoms with Gasteiger partial charge in [-0.2, -0.15) is 5.10 Å². The molecule has 2 aromatic rings. The first-order valence-corrected chi connectivity index (χ1v) is 8.93. The van der Waals surface area contributed by atoms with Gasteiger partial charge in [0.25, 0.3) is 5.91 Å². The van der Waals surface area contributed by atoms with Crippen molar-refractivity contribution >= 4 is 52.6 Å². The van der Waals surface area contributed by atoms with Gasteiger partial charge < -0.3 is 10.5 Å². The summed E-state index contributed by atoms with van der Waals surface area (Å²) in [7, 11) is 0. The molecule has 0 bridgehead atoms. The van der Waals surface area contributed by atoms with Crippen LogP contribution in [0.3, 0.4) is 0 Å². The molecule has 0 aliphatic heterocycles. The van der Waals surface area contributed by atoms with Gasteiger partial charge in [-0.05, 0) is 24.1 Å². The second kappa shape index (κ2) is 9.62. The van der Waals surface area contributed by atoms with Gasteiger partial charge >= 0.3 is 0 Å². The number of ether oxygens (including phenoxy) is 1. The van der Waals surface area contributed by atoms with Crippen LogP contribution < -0.4 is 15.9 Å². The van der Waals surface area contributed by atoms with Crippen molar-refractivity contribution in [2.45, 2.75) is 19.8 Å². The number of hydrogen-bond donors (Lipinski definition) is 2. The zero-order valence-electron chi connectivity index (χ0n) is 13.9. The fourth-order valence-corrected chi connectivity index (χ4v) is 2.51. The number of pyridine rings is 1. The highest BCUT2D eigenvalue weighted by Gasteiger charge is 2.19. The minimum atomic E-state index is -0.660. The van der Waals surface area contributed by atoms with Crippen LogP contribution in [0.4, 0.5) is 5.69 Å². The first kappa shape index (κ1) is 20.3. The van der Waals surface area contributed by atoms with Gasteiger partial charge in [-0.25, -0.2) is 10.4 Å². The third-order valence-corrected chi connectivity index (χ3v) is 4.43. The molecule has 1 aromatic heterocycles. The number of anilines is 1. The topological polar surface area (TPSA) is 89.6 Å². The normalized spacial score (nSPS) is 10.9. The van der Waals surface area contributed by atoms with E-state index in [2.05, 4.69) is 22.4 Å². The fraction of sp³-hybridized carbons (Fsp3) is 0.235. The van der Waals surface area contributed by atoms with Crippen LogP contribution in [-0.4, -0.2) is 23.7 Å². The lowest BCUT2D eigenvalue weighted by Gasteiger charge is -2.07. The van der Waals surface area contributed by atoms with Crippen molar-refractivity contribution in [2.24, 2.45) is 5.10 Å². The first-order valence-electron chi connectivity index (χ1n) is 7.80. The van der Waals surface area contributed by atoms with E-state index < -0.39 is 5.91 Å². The fourth-order valence-electron chi connectivity index (χ4n) is 1.92. The highest BCUT2D eigenvalue weighted by Crippen LogP contribution is 2.34. The molecule has 0 unspecified atom stereocenters. The molecule has 0 aliphatic rings. The van der Waals surface area contributed by atoms with Gasteiger partial charge in [0.1, 0.15) is 10.8 Å². The van der Waals surface area contributed by atoms with E-state index in [4.69, 9.17) is 45.3 Å². The lowest BCUT2D eigenvalue weighted by molar-refractivity contribution is 0.0950. The van der Waals surface area contributed by atoms with Crippen LogP contribution in [0.2, 0.25) is 15.2 Å². The molecule has 0 aliphatic carbocycles. The van der Waals surface area contributed by atoms with E-state index in [0.717, 1.165) is 24.2 Å². The molecule has 1 aromatic carbocycles. The van der Waals surface area contributed by atoms with E-state index in [9.17, 15) is 4.79 Å². The smallest absolute Gasteiger partial charge is 0.291 e. The second-order valence-electron chi connectivity index (χ2n) is 5.27. The lowest BCUT2D eigenvalue weighted by Crippen LogP contribution is -2.20. The number of nitrogens with two attached hydrogens (primary N) is 1. The molecule has 0 radical (unpaired) electrons. The minimum absolute atomic E-state index is 0.00314. The zero-order chi connectivity index (χ0) is 19.1. The van der Waals surface area contributed by atoms with Crippen LogP contribution in [0.1, 0.15) is 35.8 Å². The summed E-state index contributed by atoms with van der Waals surface area (Å²) in [5, 5.41) is 3.68. The summed E-state index contributed by atoms with van der Waals surface area (Å²) in [6, 6.07) is 7.33. The van der Waals surface area contributed by atoms with Crippen molar-refractivity contribution in [3.05, 3.63) is 50.7 Å². The van der Waals surface area contributed by atoms with Gasteiger partial charge in [-0.15, -0.1) is 0 Å².